The first-order valence-electron chi connectivity index (χ1n) is 3.80. The van der Waals surface area contributed by atoms with E-state index in [4.69, 9.17) is 9.84 Å². The minimum atomic E-state index is -0.492. The first-order valence-corrected chi connectivity index (χ1v) is 3.80. The van der Waals surface area contributed by atoms with E-state index in [2.05, 4.69) is 0 Å². The van der Waals surface area contributed by atoms with Gasteiger partial charge in [0, 0.05) is 0 Å². The molecule has 2 nitrogen and oxygen atoms in total. The second-order valence-electron chi connectivity index (χ2n) is 2.36. The topological polar surface area (TPSA) is 29.5 Å². The molecule has 0 unspecified atom stereocenters. The third-order valence-electron chi connectivity index (χ3n) is 1.64. The summed E-state index contributed by atoms with van der Waals surface area (Å²) in [7, 11) is 0. The summed E-state index contributed by atoms with van der Waals surface area (Å²) in [5.74, 6) is -0.272. The number of hydrogen-bond acceptors (Lipinski definition) is 2. The van der Waals surface area contributed by atoms with Crippen molar-refractivity contribution in [3.05, 3.63) is 29.6 Å². The Balaban J connectivity index is 3.02. The number of rotatable bonds is 3. The number of halogens is 1. The quantitative estimate of drug-likeness (QED) is 0.700. The van der Waals surface area contributed by atoms with E-state index in [1.54, 1.807) is 12.1 Å². The Morgan fingerprint density at radius 1 is 1.50 bits per heavy atom. The van der Waals surface area contributed by atoms with Crippen molar-refractivity contribution in [2.24, 2.45) is 0 Å². The van der Waals surface area contributed by atoms with Gasteiger partial charge in [-0.15, -0.1) is 0 Å². The molecule has 0 bridgehead atoms. The van der Waals surface area contributed by atoms with Gasteiger partial charge in [-0.25, -0.2) is 4.39 Å². The molecule has 1 aromatic carbocycles. The van der Waals surface area contributed by atoms with Gasteiger partial charge in [-0.05, 0) is 18.1 Å². The predicted octanol–water partition coefficient (Wildman–Crippen LogP) is 1.72. The largest absolute Gasteiger partial charge is 0.464 e. The fraction of sp³-hybridized carbons (Fsp3) is 0.333. The van der Waals surface area contributed by atoms with Gasteiger partial charge >= 0.3 is 0 Å². The third kappa shape index (κ3) is 1.74. The first kappa shape index (κ1) is 9.00. The van der Waals surface area contributed by atoms with Crippen LogP contribution in [0.3, 0.4) is 0 Å². The molecule has 1 aromatic rings. The van der Waals surface area contributed by atoms with Crippen molar-refractivity contribution < 1.29 is 14.2 Å². The highest BCUT2D eigenvalue weighted by Gasteiger charge is 2.06. The molecular weight excluding hydrogens is 159 g/mol. The van der Waals surface area contributed by atoms with Gasteiger partial charge in [-0.2, -0.15) is 0 Å². The molecule has 12 heavy (non-hydrogen) atoms. The van der Waals surface area contributed by atoms with E-state index in [9.17, 15) is 4.39 Å². The monoisotopic (exact) mass is 170 g/mol. The van der Waals surface area contributed by atoms with Crippen LogP contribution >= 0.6 is 0 Å². The fourth-order valence-corrected chi connectivity index (χ4v) is 1.06. The molecule has 0 saturated carbocycles. The minimum absolute atomic E-state index is 0.155. The zero-order chi connectivity index (χ0) is 8.97. The number of ether oxygens (including phenoxy) is 1. The molecule has 0 radical (unpaired) electrons. The molecule has 0 fully saturated rings. The van der Waals surface area contributed by atoms with Crippen LogP contribution in [0.15, 0.2) is 18.2 Å². The van der Waals surface area contributed by atoms with E-state index in [1.165, 1.54) is 6.07 Å². The summed E-state index contributed by atoms with van der Waals surface area (Å²) in [5, 5.41) is 8.48. The maximum Gasteiger partial charge on any atom is 0.186 e. The molecule has 0 spiro atoms. The molecule has 0 saturated heterocycles. The van der Waals surface area contributed by atoms with Crippen molar-refractivity contribution in [3.8, 4) is 5.75 Å². The van der Waals surface area contributed by atoms with Gasteiger partial charge in [0.15, 0.2) is 18.4 Å². The summed E-state index contributed by atoms with van der Waals surface area (Å²) in [6.07, 6.45) is 0.688. The molecule has 0 aromatic heterocycles. The number of para-hydroxylation sites is 1. The molecule has 0 atom stereocenters. The van der Waals surface area contributed by atoms with E-state index in [0.29, 0.717) is 6.42 Å². The number of aliphatic hydroxyl groups is 1. The van der Waals surface area contributed by atoms with Gasteiger partial charge in [-0.3, -0.25) is 0 Å². The van der Waals surface area contributed by atoms with Crippen molar-refractivity contribution in [3.63, 3.8) is 0 Å². The summed E-state index contributed by atoms with van der Waals surface area (Å²) in [5.41, 5.74) is 0.768. The fourth-order valence-electron chi connectivity index (χ4n) is 1.06. The number of benzene rings is 1. The van der Waals surface area contributed by atoms with E-state index in [1.807, 2.05) is 6.92 Å². The van der Waals surface area contributed by atoms with Crippen LogP contribution in [-0.2, 0) is 6.42 Å². The van der Waals surface area contributed by atoms with Crippen molar-refractivity contribution in [1.82, 2.24) is 0 Å². The van der Waals surface area contributed by atoms with Gasteiger partial charge in [0.25, 0.3) is 0 Å². The summed E-state index contributed by atoms with van der Waals surface area (Å²) in [6.45, 7) is 1.41. The molecular formula is C9H11FO2. The molecule has 0 aliphatic heterocycles. The summed E-state index contributed by atoms with van der Waals surface area (Å²) in [6, 6.07) is 4.70. The Morgan fingerprint density at radius 3 is 2.83 bits per heavy atom. The van der Waals surface area contributed by atoms with Crippen molar-refractivity contribution in [1.29, 1.82) is 0 Å². The Hall–Kier alpha value is -1.09. The molecule has 0 aliphatic rings. The Labute approximate surface area is 70.6 Å². The zero-order valence-electron chi connectivity index (χ0n) is 6.88. The van der Waals surface area contributed by atoms with Crippen LogP contribution in [0, 0.1) is 5.82 Å². The highest BCUT2D eigenvalue weighted by Crippen LogP contribution is 2.22. The average molecular weight is 170 g/mol. The highest BCUT2D eigenvalue weighted by molar-refractivity contribution is 5.34. The minimum Gasteiger partial charge on any atom is -0.464 e. The number of aryl methyl sites for hydroxylation is 1. The lowest BCUT2D eigenvalue weighted by Crippen LogP contribution is -2.00. The van der Waals surface area contributed by atoms with E-state index in [-0.39, 0.29) is 5.75 Å². The number of aliphatic hydroxyl groups excluding tert-OH is 1. The second-order valence-corrected chi connectivity index (χ2v) is 2.36. The van der Waals surface area contributed by atoms with Gasteiger partial charge in [0.1, 0.15) is 0 Å². The Kier molecular flexibility index (Phi) is 3.05. The maximum absolute atomic E-state index is 13.0. The van der Waals surface area contributed by atoms with Crippen LogP contribution in [0.4, 0.5) is 4.39 Å². The van der Waals surface area contributed by atoms with Gasteiger partial charge in [-0.1, -0.05) is 19.1 Å². The van der Waals surface area contributed by atoms with Crippen molar-refractivity contribution in [2.45, 2.75) is 13.3 Å². The van der Waals surface area contributed by atoms with E-state index < -0.39 is 12.6 Å². The van der Waals surface area contributed by atoms with E-state index in [0.717, 1.165) is 5.56 Å². The molecule has 66 valence electrons. The lowest BCUT2D eigenvalue weighted by atomic mass is 10.1. The van der Waals surface area contributed by atoms with Crippen LogP contribution in [0.25, 0.3) is 0 Å². The molecule has 0 aliphatic carbocycles. The van der Waals surface area contributed by atoms with Gasteiger partial charge in [0.05, 0.1) is 0 Å². The zero-order valence-corrected chi connectivity index (χ0v) is 6.88. The third-order valence-corrected chi connectivity index (χ3v) is 1.64. The van der Waals surface area contributed by atoms with Crippen molar-refractivity contribution in [2.75, 3.05) is 6.79 Å². The predicted molar refractivity (Wildman–Crippen MR) is 43.5 cm³/mol. The Bertz CT molecular complexity index is 261. The maximum atomic E-state index is 13.0. The van der Waals surface area contributed by atoms with Crippen LogP contribution in [0.1, 0.15) is 12.5 Å². The molecule has 1 N–H and O–H groups in total. The standard InChI is InChI=1S/C9H11FO2/c1-2-7-4-3-5-8(10)9(7)12-6-11/h3-5,11H,2,6H2,1H3. The SMILES string of the molecule is CCc1cccc(F)c1OCO. The lowest BCUT2D eigenvalue weighted by molar-refractivity contribution is 0.0935. The second kappa shape index (κ2) is 4.07. The smallest absolute Gasteiger partial charge is 0.186 e. The van der Waals surface area contributed by atoms with Crippen LogP contribution in [-0.4, -0.2) is 11.9 Å². The van der Waals surface area contributed by atoms with Gasteiger partial charge in [0.2, 0.25) is 0 Å². The van der Waals surface area contributed by atoms with Crippen LogP contribution < -0.4 is 4.74 Å². The molecule has 3 heteroatoms. The molecule has 1 rings (SSSR count). The van der Waals surface area contributed by atoms with Crippen molar-refractivity contribution >= 4 is 0 Å². The summed E-state index contributed by atoms with van der Waals surface area (Å²) in [4.78, 5) is 0. The lowest BCUT2D eigenvalue weighted by Gasteiger charge is -2.07. The highest BCUT2D eigenvalue weighted by atomic mass is 19.1. The van der Waals surface area contributed by atoms with E-state index >= 15 is 0 Å². The van der Waals surface area contributed by atoms with Crippen LogP contribution in [0.5, 0.6) is 5.75 Å². The first-order chi connectivity index (χ1) is 5.79. The molecule has 0 heterocycles. The average Bonchev–Trinajstić information content (AvgIpc) is 2.09. The van der Waals surface area contributed by atoms with Crippen LogP contribution in [0.2, 0.25) is 0 Å². The molecule has 0 amide bonds. The van der Waals surface area contributed by atoms with Gasteiger partial charge < -0.3 is 9.84 Å². The summed E-state index contributed by atoms with van der Waals surface area (Å²) < 4.78 is 17.7. The summed E-state index contributed by atoms with van der Waals surface area (Å²) >= 11 is 0. The normalized spacial score (nSPS) is 9.92. The Morgan fingerprint density at radius 2 is 2.25 bits per heavy atom. The number of hydrogen-bond donors (Lipinski definition) is 1.